The van der Waals surface area contributed by atoms with Crippen LogP contribution in [0.1, 0.15) is 48.3 Å². The van der Waals surface area contributed by atoms with E-state index >= 15 is 0 Å². The van der Waals surface area contributed by atoms with E-state index in [2.05, 4.69) is 317 Å². The van der Waals surface area contributed by atoms with Crippen molar-refractivity contribution in [2.45, 2.75) is 37.5 Å². The molecule has 0 saturated carbocycles. The van der Waals surface area contributed by atoms with Gasteiger partial charge in [0.1, 0.15) is 46.2 Å². The molecule has 3 unspecified atom stereocenters. The van der Waals surface area contributed by atoms with Gasteiger partial charge in [0.2, 0.25) is 0 Å². The molecule has 0 fully saturated rings. The number of furan rings is 2. The molecule has 21 aromatic rings. The third-order valence-electron chi connectivity index (χ3n) is 23.7. The Balaban J connectivity index is 0.507. The van der Waals surface area contributed by atoms with Crippen LogP contribution in [0.2, 0.25) is 0 Å². The van der Waals surface area contributed by atoms with E-state index in [1.165, 1.54) is 95.4 Å². The molecule has 10 nitrogen and oxygen atoms in total. The summed E-state index contributed by atoms with van der Waals surface area (Å²) in [5.41, 5.74) is 22.7. The molecule has 8 heterocycles. The lowest BCUT2D eigenvalue weighted by atomic mass is 9.97. The summed E-state index contributed by atoms with van der Waals surface area (Å²) in [5.74, 6) is 2.88. The Labute approximate surface area is 661 Å². The fourth-order valence-electron chi connectivity index (χ4n) is 18.0. The Kier molecular flexibility index (Phi) is 14.7. The number of hydrogen-bond acceptors (Lipinski definition) is 10. The third kappa shape index (κ3) is 10.6. The Bertz CT molecular complexity index is 7760. The fraction of sp³-hybridized carbons (Fsp3) is 0.0588. The van der Waals surface area contributed by atoms with Crippen LogP contribution in [0.25, 0.3) is 197 Å². The van der Waals surface area contributed by atoms with Gasteiger partial charge in [0.25, 0.3) is 0 Å². The second kappa shape index (κ2) is 25.9. The van der Waals surface area contributed by atoms with Gasteiger partial charge in [-0.3, -0.25) is 5.32 Å². The van der Waals surface area contributed by atoms with Crippen LogP contribution in [0.15, 0.2) is 341 Å². The number of nitrogens with one attached hydrogen (secondary N) is 2. The van der Waals surface area contributed by atoms with Gasteiger partial charge >= 0.3 is 0 Å². The lowest BCUT2D eigenvalue weighted by Gasteiger charge is -2.33. The van der Waals surface area contributed by atoms with E-state index in [1.54, 1.807) is 0 Å². The van der Waals surface area contributed by atoms with Crippen LogP contribution in [0.4, 0.5) is 0 Å². The number of allylic oxidation sites excluding steroid dienone is 3. The minimum absolute atomic E-state index is 0.0572. The third-order valence-corrected chi connectivity index (χ3v) is 26.0. The average molecular weight is 1500 g/mol. The van der Waals surface area contributed by atoms with Crippen molar-refractivity contribution in [3.05, 3.63) is 355 Å². The van der Waals surface area contributed by atoms with Gasteiger partial charge in [0.15, 0.2) is 11.6 Å². The molecule has 114 heavy (non-hydrogen) atoms. The predicted molar refractivity (Wildman–Crippen MR) is 473 cm³/mol. The summed E-state index contributed by atoms with van der Waals surface area (Å²) in [7, 11) is 0. The molecule has 0 radical (unpaired) electrons. The van der Waals surface area contributed by atoms with Crippen LogP contribution in [0, 0.1) is 0 Å². The summed E-state index contributed by atoms with van der Waals surface area (Å²) in [6.45, 7) is 0. The van der Waals surface area contributed by atoms with Gasteiger partial charge < -0.3 is 23.3 Å². The highest BCUT2D eigenvalue weighted by atomic mass is 32.1. The quantitative estimate of drug-likeness (QED) is 0.133. The number of benzene rings is 14. The van der Waals surface area contributed by atoms with Gasteiger partial charge in [-0.15, -0.1) is 22.7 Å². The minimum atomic E-state index is -0.228. The van der Waals surface area contributed by atoms with Crippen LogP contribution in [0.3, 0.4) is 0 Å². The summed E-state index contributed by atoms with van der Waals surface area (Å²) >= 11 is 3.71. The highest BCUT2D eigenvalue weighted by molar-refractivity contribution is 7.26. The SMILES string of the molecule is C1=CCCC(C2N=C(c3ccc(-c4ccc5c(c4)c4ccccc4n5-c4cccc5c4sc4ccc(-c6ccc7c8c(oc7c6)=CCC(c6nc(-c7ccccc7)nc(-c7ccccc7)n6)C=8)cc45)cc3)NC(c3ccc4oc5cc(-c6ccc7sc8cc(-n9c%10ccccc%10c%10ccccc%109)ccc8c7c6)ccc5c4c3)N2)=C1. The van der Waals surface area contributed by atoms with Crippen molar-refractivity contribution in [2.24, 2.45) is 4.99 Å². The van der Waals surface area contributed by atoms with Crippen molar-refractivity contribution in [2.75, 3.05) is 0 Å². The van der Waals surface area contributed by atoms with E-state index in [4.69, 9.17) is 28.8 Å². The van der Waals surface area contributed by atoms with Gasteiger partial charge in [-0.1, -0.05) is 218 Å². The monoisotopic (exact) mass is 1500 g/mol. The molecule has 0 amide bonds. The summed E-state index contributed by atoms with van der Waals surface area (Å²) < 4.78 is 23.3. The molecule has 14 aromatic carbocycles. The Morgan fingerprint density at radius 1 is 0.395 bits per heavy atom. The van der Waals surface area contributed by atoms with E-state index in [0.29, 0.717) is 18.1 Å². The molecule has 2 N–H and O–H groups in total. The first kappa shape index (κ1) is 64.9. The normalized spacial score (nSPS) is 15.8. The number of hydrogen-bond donors (Lipinski definition) is 2. The van der Waals surface area contributed by atoms with E-state index in [9.17, 15) is 0 Å². The van der Waals surface area contributed by atoms with Crippen molar-refractivity contribution in [1.29, 1.82) is 0 Å². The lowest BCUT2D eigenvalue weighted by molar-refractivity contribution is 0.425. The zero-order valence-corrected chi connectivity index (χ0v) is 63.1. The number of nitrogens with zero attached hydrogens (tertiary/aromatic N) is 6. The molecule has 3 atom stereocenters. The number of aromatic nitrogens is 5. The standard InChI is InChI=1S/C102H66N8O2S2/c1-4-17-60(18-5-1)97-103-98(61-19-6-2-7-20-61)106-101(105-97)69-38-47-89-80(54-69)76-44-36-68(57-92(76)112-89)66-41-50-94-83(53-66)78-26-16-30-88(96(78)114-94)110-86-29-15-12-25-74(86)79-51-64(37-46-87(79)110)59-31-33-63(34-32-59)100-104-99(62-21-8-3-9-22-62)107-102(108-100)70-39-48-90-81(55-70)75-43-35-67(56-91(75)111-90)65-40-49-93-82(52-65)77-45-42-71(58-95(77)113-93)109-84-27-13-10-23-72(84)73-24-11-14-28-85(73)109/h1-8,10-21,23-37,39-58,69,99,102,107H,9,22,38H2,(H,104,108). The summed E-state index contributed by atoms with van der Waals surface area (Å²) in [4.78, 5) is 20.6. The maximum absolute atomic E-state index is 6.72. The molecule has 0 bridgehead atoms. The fourth-order valence-corrected chi connectivity index (χ4v) is 20.3. The number of amidine groups is 1. The van der Waals surface area contributed by atoms with Crippen LogP contribution < -0.4 is 21.3 Å². The molecule has 7 aromatic heterocycles. The molecule has 0 spiro atoms. The Morgan fingerprint density at radius 2 is 0.982 bits per heavy atom. The zero-order chi connectivity index (χ0) is 74.6. The molecule has 1 aliphatic heterocycles. The summed E-state index contributed by atoms with van der Waals surface area (Å²) in [5, 5.41) is 22.0. The van der Waals surface area contributed by atoms with Crippen molar-refractivity contribution >= 4 is 158 Å². The summed E-state index contributed by atoms with van der Waals surface area (Å²) in [6, 6.07) is 110. The smallest absolute Gasteiger partial charge is 0.163 e. The summed E-state index contributed by atoms with van der Waals surface area (Å²) in [6.07, 6.45) is 13.3. The molecule has 12 heteroatoms. The van der Waals surface area contributed by atoms with Crippen LogP contribution in [-0.4, -0.2) is 36.1 Å². The number of fused-ring (bicyclic) bond motifs is 18. The highest BCUT2D eigenvalue weighted by Gasteiger charge is 2.29. The molecule has 538 valence electrons. The first-order valence-electron chi connectivity index (χ1n) is 39.0. The second-order valence-corrected chi connectivity index (χ2v) is 32.4. The van der Waals surface area contributed by atoms with Crippen LogP contribution in [-0.2, 0) is 0 Å². The number of aliphatic imine (C=N–C) groups is 1. The number of para-hydroxylation sites is 3. The first-order valence-corrected chi connectivity index (χ1v) is 40.6. The van der Waals surface area contributed by atoms with Crippen molar-refractivity contribution in [3.8, 4) is 67.5 Å². The molecular weight excluding hydrogens is 1430 g/mol. The van der Waals surface area contributed by atoms with E-state index in [-0.39, 0.29) is 18.2 Å². The van der Waals surface area contributed by atoms with E-state index < -0.39 is 0 Å². The zero-order valence-electron chi connectivity index (χ0n) is 61.4. The van der Waals surface area contributed by atoms with Crippen molar-refractivity contribution in [1.82, 2.24) is 34.7 Å². The number of thiophene rings is 2. The van der Waals surface area contributed by atoms with E-state index in [0.717, 1.165) is 129 Å². The van der Waals surface area contributed by atoms with Gasteiger partial charge in [-0.05, 0) is 179 Å². The van der Waals surface area contributed by atoms with Gasteiger partial charge in [-0.2, -0.15) is 0 Å². The van der Waals surface area contributed by atoms with Crippen LogP contribution in [0.5, 0.6) is 0 Å². The Morgan fingerprint density at radius 3 is 1.71 bits per heavy atom. The molecule has 24 rings (SSSR count). The topological polar surface area (TPSA) is 111 Å². The molecule has 2 aliphatic carbocycles. The van der Waals surface area contributed by atoms with Gasteiger partial charge in [-0.25, -0.2) is 19.9 Å². The van der Waals surface area contributed by atoms with Gasteiger partial charge in [0, 0.05) is 107 Å². The van der Waals surface area contributed by atoms with E-state index in [1.807, 2.05) is 59.1 Å². The molecular formula is C102H66N8O2S2. The maximum atomic E-state index is 6.72. The second-order valence-electron chi connectivity index (χ2n) is 30.3. The van der Waals surface area contributed by atoms with Crippen molar-refractivity contribution in [3.63, 3.8) is 0 Å². The maximum Gasteiger partial charge on any atom is 0.163 e. The molecule has 3 aliphatic rings. The average Bonchev–Trinajstić information content (AvgIpc) is 1.55. The number of rotatable bonds is 11. The Hall–Kier alpha value is -13.9. The lowest BCUT2D eigenvalue weighted by Crippen LogP contribution is -2.49. The first-order chi connectivity index (χ1) is 56.4. The largest absolute Gasteiger partial charge is 0.456 e. The minimum Gasteiger partial charge on any atom is -0.456 e. The highest BCUT2D eigenvalue weighted by Crippen LogP contribution is 2.46. The predicted octanol–water partition coefficient (Wildman–Crippen LogP) is 24.8. The van der Waals surface area contributed by atoms with Crippen LogP contribution >= 0.6 is 22.7 Å². The van der Waals surface area contributed by atoms with Gasteiger partial charge in [0.05, 0.1) is 32.5 Å². The van der Waals surface area contributed by atoms with Crippen molar-refractivity contribution < 1.29 is 8.83 Å². The molecule has 0 saturated heterocycles.